The Bertz CT molecular complexity index is 616. The minimum atomic E-state index is 0.425. The van der Waals surface area contributed by atoms with Crippen LogP contribution in [0.25, 0.3) is 11.0 Å². The Labute approximate surface area is 124 Å². The van der Waals surface area contributed by atoms with Crippen LogP contribution in [0.4, 0.5) is 0 Å². The van der Waals surface area contributed by atoms with E-state index < -0.39 is 0 Å². The van der Waals surface area contributed by atoms with Crippen LogP contribution in [-0.2, 0) is 12.4 Å². The van der Waals surface area contributed by atoms with Gasteiger partial charge in [-0.25, -0.2) is 4.98 Å². The van der Waals surface area contributed by atoms with Crippen molar-refractivity contribution >= 4 is 22.6 Å². The summed E-state index contributed by atoms with van der Waals surface area (Å²) in [7, 11) is 0. The fourth-order valence-corrected chi connectivity index (χ4v) is 2.73. The zero-order valence-corrected chi connectivity index (χ0v) is 12.9. The van der Waals surface area contributed by atoms with Crippen molar-refractivity contribution in [3.05, 3.63) is 24.0 Å². The quantitative estimate of drug-likeness (QED) is 0.740. The highest BCUT2D eigenvalue weighted by atomic mass is 35.5. The molecule has 3 nitrogen and oxygen atoms in total. The van der Waals surface area contributed by atoms with Gasteiger partial charge >= 0.3 is 0 Å². The van der Waals surface area contributed by atoms with Gasteiger partial charge in [0.15, 0.2) is 0 Å². The van der Waals surface area contributed by atoms with Gasteiger partial charge in [0, 0.05) is 6.54 Å². The van der Waals surface area contributed by atoms with Gasteiger partial charge in [-0.2, -0.15) is 0 Å². The average molecular weight is 293 g/mol. The van der Waals surface area contributed by atoms with E-state index in [2.05, 4.69) is 24.5 Å². The first-order chi connectivity index (χ1) is 9.67. The summed E-state index contributed by atoms with van der Waals surface area (Å²) in [6, 6.07) is 6.15. The monoisotopic (exact) mass is 292 g/mol. The minimum Gasteiger partial charge on any atom is -0.491 e. The van der Waals surface area contributed by atoms with Crippen molar-refractivity contribution in [2.75, 3.05) is 6.61 Å². The Kier molecular flexibility index (Phi) is 3.63. The molecule has 1 aromatic heterocycles. The Morgan fingerprint density at radius 1 is 1.40 bits per heavy atom. The molecule has 108 valence electrons. The molecule has 2 aromatic rings. The van der Waals surface area contributed by atoms with Gasteiger partial charge in [0.1, 0.15) is 17.1 Å². The largest absolute Gasteiger partial charge is 0.491 e. The standard InChI is InChI=1S/C16H21ClN2O/c1-3-9-20-13-6-4-5-12-15(13)18-14(10-17)19(12)11-16(2)7-8-16/h4-6H,3,7-11H2,1-2H3. The van der Waals surface area contributed by atoms with Crippen LogP contribution in [-0.4, -0.2) is 16.2 Å². The summed E-state index contributed by atoms with van der Waals surface area (Å²) < 4.78 is 8.08. The first-order valence-corrected chi connectivity index (χ1v) is 7.87. The van der Waals surface area contributed by atoms with Gasteiger partial charge in [-0.3, -0.25) is 0 Å². The second-order valence-electron chi connectivity index (χ2n) is 6.03. The van der Waals surface area contributed by atoms with E-state index in [0.717, 1.165) is 42.2 Å². The molecule has 1 saturated carbocycles. The predicted molar refractivity (Wildman–Crippen MR) is 82.4 cm³/mol. The molecule has 20 heavy (non-hydrogen) atoms. The van der Waals surface area contributed by atoms with Crippen LogP contribution < -0.4 is 4.74 Å². The maximum Gasteiger partial charge on any atom is 0.147 e. The summed E-state index contributed by atoms with van der Waals surface area (Å²) in [6.45, 7) is 6.16. The Hall–Kier alpha value is -1.22. The fraction of sp³-hybridized carbons (Fsp3) is 0.562. The number of benzene rings is 1. The first-order valence-electron chi connectivity index (χ1n) is 7.34. The van der Waals surface area contributed by atoms with Crippen LogP contribution >= 0.6 is 11.6 Å². The first kappa shape index (κ1) is 13.7. The summed E-state index contributed by atoms with van der Waals surface area (Å²) in [6.07, 6.45) is 3.58. The molecule has 0 atom stereocenters. The SMILES string of the molecule is CCCOc1cccc2c1nc(CCl)n2CC1(C)CC1. The zero-order valence-electron chi connectivity index (χ0n) is 12.2. The van der Waals surface area contributed by atoms with Crippen LogP contribution in [0.5, 0.6) is 5.75 Å². The second-order valence-corrected chi connectivity index (χ2v) is 6.30. The molecule has 0 spiro atoms. The van der Waals surface area contributed by atoms with E-state index in [-0.39, 0.29) is 0 Å². The van der Waals surface area contributed by atoms with Crippen molar-refractivity contribution in [2.45, 2.75) is 45.5 Å². The van der Waals surface area contributed by atoms with Crippen molar-refractivity contribution in [2.24, 2.45) is 5.41 Å². The molecule has 0 N–H and O–H groups in total. The van der Waals surface area contributed by atoms with Gasteiger partial charge < -0.3 is 9.30 Å². The molecule has 4 heteroatoms. The van der Waals surface area contributed by atoms with E-state index in [1.165, 1.54) is 12.8 Å². The maximum atomic E-state index is 6.09. The van der Waals surface area contributed by atoms with Crippen molar-refractivity contribution < 1.29 is 4.74 Å². The molecule has 0 bridgehead atoms. The van der Waals surface area contributed by atoms with Crippen molar-refractivity contribution in [3.63, 3.8) is 0 Å². The molecule has 0 amide bonds. The smallest absolute Gasteiger partial charge is 0.147 e. The highest BCUT2D eigenvalue weighted by Gasteiger charge is 2.38. The summed E-state index contributed by atoms with van der Waals surface area (Å²) in [4.78, 5) is 4.70. The number of hydrogen-bond donors (Lipinski definition) is 0. The molecular formula is C16H21ClN2O. The molecule has 0 unspecified atom stereocenters. The van der Waals surface area contributed by atoms with E-state index in [1.54, 1.807) is 0 Å². The third-order valence-electron chi connectivity index (χ3n) is 4.05. The molecule has 3 rings (SSSR count). The van der Waals surface area contributed by atoms with Crippen LogP contribution in [0.15, 0.2) is 18.2 Å². The molecule has 1 fully saturated rings. The van der Waals surface area contributed by atoms with Gasteiger partial charge in [0.2, 0.25) is 0 Å². The molecule has 1 aliphatic carbocycles. The Balaban J connectivity index is 2.04. The Morgan fingerprint density at radius 3 is 2.85 bits per heavy atom. The van der Waals surface area contributed by atoms with E-state index >= 15 is 0 Å². The molecule has 0 radical (unpaired) electrons. The molecule has 0 aliphatic heterocycles. The fourth-order valence-electron chi connectivity index (χ4n) is 2.53. The lowest BCUT2D eigenvalue weighted by Crippen LogP contribution is -2.10. The third kappa shape index (κ3) is 2.51. The van der Waals surface area contributed by atoms with Crippen LogP contribution in [0.1, 0.15) is 38.9 Å². The van der Waals surface area contributed by atoms with E-state index in [4.69, 9.17) is 21.3 Å². The highest BCUT2D eigenvalue weighted by molar-refractivity contribution is 6.16. The number of fused-ring (bicyclic) bond motifs is 1. The van der Waals surface area contributed by atoms with Crippen molar-refractivity contribution in [1.82, 2.24) is 9.55 Å². The summed E-state index contributed by atoms with van der Waals surface area (Å²) in [5, 5.41) is 0. The van der Waals surface area contributed by atoms with Crippen molar-refractivity contribution in [1.29, 1.82) is 0 Å². The number of aromatic nitrogens is 2. The number of hydrogen-bond acceptors (Lipinski definition) is 2. The van der Waals surface area contributed by atoms with E-state index in [0.29, 0.717) is 11.3 Å². The lowest BCUT2D eigenvalue weighted by Gasteiger charge is -2.13. The summed E-state index contributed by atoms with van der Waals surface area (Å²) in [5.74, 6) is 2.26. The van der Waals surface area contributed by atoms with E-state index in [9.17, 15) is 0 Å². The second kappa shape index (κ2) is 5.28. The highest BCUT2D eigenvalue weighted by Crippen LogP contribution is 2.47. The number of para-hydroxylation sites is 1. The zero-order chi connectivity index (χ0) is 14.2. The number of nitrogens with zero attached hydrogens (tertiary/aromatic N) is 2. The van der Waals surface area contributed by atoms with Gasteiger partial charge in [-0.05, 0) is 36.8 Å². The van der Waals surface area contributed by atoms with Gasteiger partial charge in [0.25, 0.3) is 0 Å². The minimum absolute atomic E-state index is 0.425. The van der Waals surface area contributed by atoms with E-state index in [1.807, 2.05) is 12.1 Å². The van der Waals surface area contributed by atoms with Gasteiger partial charge in [-0.15, -0.1) is 11.6 Å². The number of ether oxygens (including phenoxy) is 1. The third-order valence-corrected chi connectivity index (χ3v) is 4.28. The molecule has 1 aliphatic rings. The lowest BCUT2D eigenvalue weighted by molar-refractivity contribution is 0.320. The van der Waals surface area contributed by atoms with Crippen LogP contribution in [0.3, 0.4) is 0 Å². The number of alkyl halides is 1. The van der Waals surface area contributed by atoms with Crippen LogP contribution in [0.2, 0.25) is 0 Å². The number of imidazole rings is 1. The van der Waals surface area contributed by atoms with Gasteiger partial charge in [0.05, 0.1) is 18.0 Å². The summed E-state index contributed by atoms with van der Waals surface area (Å²) >= 11 is 6.09. The lowest BCUT2D eigenvalue weighted by atomic mass is 10.1. The van der Waals surface area contributed by atoms with Gasteiger partial charge in [-0.1, -0.05) is 19.9 Å². The maximum absolute atomic E-state index is 6.09. The topological polar surface area (TPSA) is 27.1 Å². The normalized spacial score (nSPS) is 16.6. The Morgan fingerprint density at radius 2 is 2.20 bits per heavy atom. The molecule has 1 aromatic carbocycles. The number of rotatable bonds is 6. The number of halogens is 1. The molecular weight excluding hydrogens is 272 g/mol. The predicted octanol–water partition coefficient (Wildman–Crippen LogP) is 4.36. The molecule has 0 saturated heterocycles. The molecule has 1 heterocycles. The average Bonchev–Trinajstić information content (AvgIpc) is 3.07. The summed E-state index contributed by atoms with van der Waals surface area (Å²) in [5.41, 5.74) is 2.51. The van der Waals surface area contributed by atoms with Crippen molar-refractivity contribution in [3.8, 4) is 5.75 Å². The van der Waals surface area contributed by atoms with Crippen LogP contribution in [0, 0.1) is 5.41 Å².